The Hall–Kier alpha value is -4.97. The summed E-state index contributed by atoms with van der Waals surface area (Å²) in [7, 11) is 0. The molecule has 0 unspecified atom stereocenters. The Bertz CT molecular complexity index is 2640. The predicted octanol–water partition coefficient (Wildman–Crippen LogP) is 11.8. The molecule has 0 saturated carbocycles. The smallest absolute Gasteiger partial charge is 0.159 e. The molecule has 9 aromatic rings. The number of nitrogens with zero attached hydrogens (tertiary/aromatic N) is 2. The molecule has 3 nitrogen and oxygen atoms in total. The van der Waals surface area contributed by atoms with Gasteiger partial charge < -0.3 is 9.32 Å². The maximum absolute atomic E-state index is 6.71. The Morgan fingerprint density at radius 2 is 1.39 bits per heavy atom. The highest BCUT2D eigenvalue weighted by Crippen LogP contribution is 2.46. The van der Waals surface area contributed by atoms with Gasteiger partial charge in [-0.1, -0.05) is 72.8 Å². The van der Waals surface area contributed by atoms with Crippen molar-refractivity contribution < 1.29 is 4.42 Å². The van der Waals surface area contributed by atoms with Gasteiger partial charge in [0, 0.05) is 57.3 Å². The predicted molar refractivity (Wildman–Crippen MR) is 189 cm³/mol. The lowest BCUT2D eigenvalue weighted by atomic mass is 9.97. The van der Waals surface area contributed by atoms with Gasteiger partial charge in [0.25, 0.3) is 0 Å². The van der Waals surface area contributed by atoms with Crippen LogP contribution in [0.4, 0.5) is 11.4 Å². The average molecular weight is 601 g/mol. The first kappa shape index (κ1) is 24.5. The second kappa shape index (κ2) is 9.26. The molecular formula is C39H24N2OS2. The lowest BCUT2D eigenvalue weighted by Gasteiger charge is -2.30. The maximum Gasteiger partial charge on any atom is 0.159 e. The zero-order valence-electron chi connectivity index (χ0n) is 23.6. The van der Waals surface area contributed by atoms with E-state index in [4.69, 9.17) is 9.40 Å². The van der Waals surface area contributed by atoms with Crippen molar-refractivity contribution in [1.29, 1.82) is 0 Å². The van der Waals surface area contributed by atoms with Crippen LogP contribution in [0.25, 0.3) is 69.2 Å². The number of aromatic nitrogens is 1. The number of thiophene rings is 2. The van der Waals surface area contributed by atoms with Crippen LogP contribution < -0.4 is 4.90 Å². The van der Waals surface area contributed by atoms with Gasteiger partial charge in [-0.25, -0.2) is 0 Å². The standard InChI is InChI=1S/C39H24N2OS2/c1-4-12-31-29(10-1)38-30-11-7-13-32(39(30)42-33(38)22-40-31)41(23-16-18-27-25-8-2-5-14-34(25)43-36(27)20-23)24-17-19-28-26-9-3-6-15-35(26)44-37(28)21-24/h1-16,18,20-22H,17,19H2. The molecule has 0 fully saturated rings. The van der Waals surface area contributed by atoms with E-state index in [2.05, 4.69) is 114 Å². The van der Waals surface area contributed by atoms with Gasteiger partial charge in [0.05, 0.1) is 17.4 Å². The summed E-state index contributed by atoms with van der Waals surface area (Å²) in [5, 5.41) is 7.36. The van der Waals surface area contributed by atoms with E-state index in [0.717, 1.165) is 57.1 Å². The van der Waals surface area contributed by atoms with Crippen molar-refractivity contribution >= 4 is 103 Å². The lowest BCUT2D eigenvalue weighted by Crippen LogP contribution is -2.19. The van der Waals surface area contributed by atoms with E-state index in [-0.39, 0.29) is 0 Å². The van der Waals surface area contributed by atoms with Gasteiger partial charge in [0.15, 0.2) is 11.2 Å². The van der Waals surface area contributed by atoms with Gasteiger partial charge in [0.1, 0.15) is 0 Å². The topological polar surface area (TPSA) is 29.3 Å². The minimum Gasteiger partial charge on any atom is -0.452 e. The first-order valence-electron chi connectivity index (χ1n) is 14.9. The monoisotopic (exact) mass is 600 g/mol. The number of anilines is 2. The highest BCUT2D eigenvalue weighted by atomic mass is 32.1. The summed E-state index contributed by atoms with van der Waals surface area (Å²) in [5.74, 6) is 0. The van der Waals surface area contributed by atoms with Crippen molar-refractivity contribution in [3.8, 4) is 0 Å². The quantitative estimate of drug-likeness (QED) is 0.202. The van der Waals surface area contributed by atoms with Crippen LogP contribution in [0, 0.1) is 0 Å². The molecule has 1 aliphatic carbocycles. The number of hydrogen-bond donors (Lipinski definition) is 0. The van der Waals surface area contributed by atoms with Crippen LogP contribution in [-0.2, 0) is 6.42 Å². The molecule has 0 saturated heterocycles. The van der Waals surface area contributed by atoms with Crippen LogP contribution in [0.2, 0.25) is 0 Å². The Labute approximate surface area is 260 Å². The molecular weight excluding hydrogens is 577 g/mol. The number of aryl methyl sites for hydroxylation is 1. The van der Waals surface area contributed by atoms with E-state index in [1.807, 2.05) is 34.9 Å². The molecule has 0 spiro atoms. The third-order valence-corrected chi connectivity index (χ3v) is 11.3. The summed E-state index contributed by atoms with van der Waals surface area (Å²) in [4.78, 5) is 8.51. The largest absolute Gasteiger partial charge is 0.452 e. The van der Waals surface area contributed by atoms with E-state index in [1.54, 1.807) is 0 Å². The Morgan fingerprint density at radius 3 is 2.30 bits per heavy atom. The lowest BCUT2D eigenvalue weighted by molar-refractivity contribution is 0.667. The fourth-order valence-corrected chi connectivity index (χ4v) is 9.41. The van der Waals surface area contributed by atoms with Gasteiger partial charge in [0.2, 0.25) is 0 Å². The summed E-state index contributed by atoms with van der Waals surface area (Å²) in [6.45, 7) is 0. The van der Waals surface area contributed by atoms with Gasteiger partial charge in [-0.2, -0.15) is 0 Å². The summed E-state index contributed by atoms with van der Waals surface area (Å²) in [6.07, 6.45) is 6.24. The Kier molecular flexibility index (Phi) is 5.15. The van der Waals surface area contributed by atoms with Crippen molar-refractivity contribution in [1.82, 2.24) is 4.98 Å². The average Bonchev–Trinajstić information content (AvgIpc) is 3.76. The molecule has 1 aliphatic rings. The van der Waals surface area contributed by atoms with Crippen molar-refractivity contribution in [2.45, 2.75) is 12.8 Å². The van der Waals surface area contributed by atoms with Crippen LogP contribution in [0.3, 0.4) is 0 Å². The third kappa shape index (κ3) is 3.51. The molecule has 0 amide bonds. The van der Waals surface area contributed by atoms with Crippen LogP contribution >= 0.6 is 22.7 Å². The minimum atomic E-state index is 0.815. The molecule has 10 rings (SSSR count). The van der Waals surface area contributed by atoms with Crippen LogP contribution in [-0.4, -0.2) is 4.98 Å². The highest BCUT2D eigenvalue weighted by molar-refractivity contribution is 7.25. The molecule has 44 heavy (non-hydrogen) atoms. The van der Waals surface area contributed by atoms with Gasteiger partial charge in [-0.05, 0) is 66.3 Å². The number of hydrogen-bond acceptors (Lipinski definition) is 5. The van der Waals surface area contributed by atoms with Crippen LogP contribution in [0.5, 0.6) is 0 Å². The summed E-state index contributed by atoms with van der Waals surface area (Å²) < 4.78 is 10.7. The maximum atomic E-state index is 6.71. The Morgan fingerprint density at radius 1 is 0.636 bits per heavy atom. The zero-order chi connectivity index (χ0) is 28.8. The summed E-state index contributed by atoms with van der Waals surface area (Å²) >= 11 is 3.75. The van der Waals surface area contributed by atoms with Crippen LogP contribution in [0.1, 0.15) is 16.9 Å². The molecule has 0 radical (unpaired) electrons. The van der Waals surface area contributed by atoms with Crippen molar-refractivity contribution in [2.75, 3.05) is 4.90 Å². The van der Waals surface area contributed by atoms with Crippen molar-refractivity contribution in [3.63, 3.8) is 0 Å². The second-order valence-electron chi connectivity index (χ2n) is 11.5. The van der Waals surface area contributed by atoms with Gasteiger partial charge >= 0.3 is 0 Å². The number of allylic oxidation sites excluding steroid dienone is 1. The fraction of sp³-hybridized carbons (Fsp3) is 0.0513. The molecule has 4 heterocycles. The molecule has 5 heteroatoms. The van der Waals surface area contributed by atoms with Gasteiger partial charge in [-0.15, -0.1) is 22.7 Å². The number of benzene rings is 5. The van der Waals surface area contributed by atoms with Crippen molar-refractivity contribution in [3.05, 3.63) is 132 Å². The number of furan rings is 1. The number of rotatable bonds is 3. The summed E-state index contributed by atoms with van der Waals surface area (Å²) in [6, 6.07) is 39.3. The number of para-hydroxylation sites is 2. The SMILES string of the molecule is C1=C(N(c2ccc3c(c2)sc2ccccc23)c2cccc3c2oc2cnc4ccccc4c23)CCc2c1sc1ccccc21. The molecule has 0 N–H and O–H groups in total. The third-order valence-electron chi connectivity index (χ3n) is 9.02. The second-order valence-corrected chi connectivity index (χ2v) is 13.6. The molecule has 0 bridgehead atoms. The van der Waals surface area contributed by atoms with Crippen LogP contribution in [0.15, 0.2) is 126 Å². The zero-order valence-corrected chi connectivity index (χ0v) is 25.2. The summed E-state index contributed by atoms with van der Waals surface area (Å²) in [5.41, 5.74) is 7.63. The molecule has 4 aromatic heterocycles. The molecule has 0 aliphatic heterocycles. The first-order chi connectivity index (χ1) is 21.8. The van der Waals surface area contributed by atoms with E-state index in [0.29, 0.717) is 0 Å². The normalized spacial score (nSPS) is 13.4. The highest BCUT2D eigenvalue weighted by Gasteiger charge is 2.25. The van der Waals surface area contributed by atoms with E-state index in [9.17, 15) is 0 Å². The molecule has 208 valence electrons. The van der Waals surface area contributed by atoms with Crippen molar-refractivity contribution in [2.24, 2.45) is 0 Å². The number of fused-ring (bicyclic) bond motifs is 11. The van der Waals surface area contributed by atoms with Gasteiger partial charge in [-0.3, -0.25) is 4.98 Å². The van der Waals surface area contributed by atoms with E-state index < -0.39 is 0 Å². The first-order valence-corrected chi connectivity index (χ1v) is 16.5. The fourth-order valence-electron chi connectivity index (χ4n) is 7.05. The minimum absolute atomic E-state index is 0.815. The van der Waals surface area contributed by atoms with E-state index in [1.165, 1.54) is 46.4 Å². The molecule has 0 atom stereocenters. The molecule has 5 aromatic carbocycles. The number of pyridine rings is 1. The van der Waals surface area contributed by atoms with E-state index >= 15 is 0 Å². The Balaban J connectivity index is 1.24.